The summed E-state index contributed by atoms with van der Waals surface area (Å²) in [6.07, 6.45) is 1.66. The molecule has 5 nitrogen and oxygen atoms in total. The van der Waals surface area contributed by atoms with Gasteiger partial charge in [-0.1, -0.05) is 0 Å². The third kappa shape index (κ3) is 3.96. The summed E-state index contributed by atoms with van der Waals surface area (Å²) >= 11 is 0. The first kappa shape index (κ1) is 19.4. The van der Waals surface area contributed by atoms with Gasteiger partial charge in [-0.05, 0) is 13.8 Å². The number of piperazine rings is 1. The molecule has 0 unspecified atom stereocenters. The van der Waals surface area contributed by atoms with E-state index in [1.165, 1.54) is 0 Å². The van der Waals surface area contributed by atoms with Crippen molar-refractivity contribution in [1.29, 1.82) is 0 Å². The molecule has 1 fully saturated rings. The van der Waals surface area contributed by atoms with Gasteiger partial charge in [-0.15, -0.1) is 24.8 Å². The molecule has 0 amide bonds. The van der Waals surface area contributed by atoms with Crippen molar-refractivity contribution in [1.82, 2.24) is 15.2 Å². The van der Waals surface area contributed by atoms with E-state index >= 15 is 0 Å². The third-order valence-corrected chi connectivity index (χ3v) is 3.65. The van der Waals surface area contributed by atoms with Crippen LogP contribution in [-0.4, -0.2) is 46.3 Å². The average Bonchev–Trinajstić information content (AvgIpc) is 2.42. The molecule has 1 aliphatic heterocycles. The lowest BCUT2D eigenvalue weighted by Crippen LogP contribution is -2.44. The van der Waals surface area contributed by atoms with Crippen LogP contribution < -0.4 is 5.32 Å². The fourth-order valence-corrected chi connectivity index (χ4v) is 2.50. The normalized spacial score (nSPS) is 16.9. The summed E-state index contributed by atoms with van der Waals surface area (Å²) in [6.45, 7) is 7.59. The Hall–Kier alpha value is -0.590. The number of aromatic hydroxyl groups is 1. The van der Waals surface area contributed by atoms with Crippen molar-refractivity contribution >= 4 is 24.8 Å². The van der Waals surface area contributed by atoms with Crippen LogP contribution in [0.25, 0.3) is 0 Å². The first-order valence-corrected chi connectivity index (χ1v) is 6.38. The second-order valence-electron chi connectivity index (χ2n) is 4.75. The van der Waals surface area contributed by atoms with Crippen LogP contribution in [-0.2, 0) is 6.61 Å². The minimum absolute atomic E-state index is 0. The molecule has 1 aliphatic rings. The number of halogens is 2. The van der Waals surface area contributed by atoms with E-state index in [0.717, 1.165) is 31.7 Å². The zero-order chi connectivity index (χ0) is 13.1. The Morgan fingerprint density at radius 3 is 2.50 bits per heavy atom. The van der Waals surface area contributed by atoms with Gasteiger partial charge in [-0.3, -0.25) is 9.88 Å². The largest absolute Gasteiger partial charge is 0.506 e. The Balaban J connectivity index is 0.00000180. The number of aromatic nitrogens is 1. The van der Waals surface area contributed by atoms with Gasteiger partial charge in [0.2, 0.25) is 0 Å². The summed E-state index contributed by atoms with van der Waals surface area (Å²) in [5.74, 6) is 0.215. The van der Waals surface area contributed by atoms with Gasteiger partial charge in [-0.2, -0.15) is 0 Å². The highest BCUT2D eigenvalue weighted by Gasteiger charge is 2.24. The number of hydrogen-bond donors (Lipinski definition) is 3. The standard InChI is InChI=1S/C13H21N3O2.2ClH/c1-9-13(18)12(11(8-17)7-15-9)10(2)16-5-3-14-4-6-16;;/h7,10,14,17-18H,3-6,8H2,1-2H3;2*1H/t10-;;/m0../s1. The molecule has 116 valence electrons. The lowest BCUT2D eigenvalue weighted by Gasteiger charge is -2.34. The zero-order valence-electron chi connectivity index (χ0n) is 11.8. The van der Waals surface area contributed by atoms with Crippen molar-refractivity contribution in [2.75, 3.05) is 26.2 Å². The monoisotopic (exact) mass is 323 g/mol. The molecule has 1 aromatic rings. The first-order valence-electron chi connectivity index (χ1n) is 6.38. The molecule has 2 heterocycles. The molecule has 1 saturated heterocycles. The van der Waals surface area contributed by atoms with Crippen molar-refractivity contribution in [3.63, 3.8) is 0 Å². The smallest absolute Gasteiger partial charge is 0.141 e. The number of aliphatic hydroxyl groups is 1. The maximum absolute atomic E-state index is 10.2. The number of nitrogens with zero attached hydrogens (tertiary/aromatic N) is 2. The highest BCUT2D eigenvalue weighted by molar-refractivity contribution is 5.85. The molecule has 0 aromatic carbocycles. The number of rotatable bonds is 3. The van der Waals surface area contributed by atoms with Gasteiger partial charge in [-0.25, -0.2) is 0 Å². The molecule has 20 heavy (non-hydrogen) atoms. The highest BCUT2D eigenvalue weighted by atomic mass is 35.5. The molecular weight excluding hydrogens is 301 g/mol. The summed E-state index contributed by atoms with van der Waals surface area (Å²) in [5.41, 5.74) is 2.14. The minimum Gasteiger partial charge on any atom is -0.506 e. The van der Waals surface area contributed by atoms with E-state index in [0.29, 0.717) is 11.3 Å². The van der Waals surface area contributed by atoms with Crippen LogP contribution in [0.4, 0.5) is 0 Å². The molecular formula is C13H23Cl2N3O2. The predicted molar refractivity (Wildman–Crippen MR) is 83.9 cm³/mol. The Bertz CT molecular complexity index is 426. The van der Waals surface area contributed by atoms with E-state index in [1.807, 2.05) is 0 Å². The molecule has 2 rings (SSSR count). The Kier molecular flexibility index (Phi) is 8.39. The second kappa shape index (κ2) is 8.64. The van der Waals surface area contributed by atoms with Crippen molar-refractivity contribution in [2.45, 2.75) is 26.5 Å². The maximum Gasteiger partial charge on any atom is 0.141 e. The maximum atomic E-state index is 10.2. The van der Waals surface area contributed by atoms with E-state index in [2.05, 4.69) is 22.1 Å². The average molecular weight is 324 g/mol. The van der Waals surface area contributed by atoms with Gasteiger partial charge >= 0.3 is 0 Å². The van der Waals surface area contributed by atoms with E-state index in [1.54, 1.807) is 13.1 Å². The van der Waals surface area contributed by atoms with Gasteiger partial charge in [0, 0.05) is 49.5 Å². The summed E-state index contributed by atoms with van der Waals surface area (Å²) in [4.78, 5) is 6.41. The Labute approximate surface area is 132 Å². The van der Waals surface area contributed by atoms with E-state index in [9.17, 15) is 10.2 Å². The van der Waals surface area contributed by atoms with Crippen LogP contribution in [0, 0.1) is 6.92 Å². The van der Waals surface area contributed by atoms with Gasteiger partial charge in [0.15, 0.2) is 0 Å². The number of pyridine rings is 1. The fraction of sp³-hybridized carbons (Fsp3) is 0.615. The summed E-state index contributed by atoms with van der Waals surface area (Å²) in [6, 6.07) is 0.0935. The molecule has 0 saturated carbocycles. The van der Waals surface area contributed by atoms with Crippen LogP contribution in [0.5, 0.6) is 5.75 Å². The molecule has 1 atom stereocenters. The third-order valence-electron chi connectivity index (χ3n) is 3.65. The SMILES string of the molecule is Cc1ncc(CO)c([C@H](C)N2CCNCC2)c1O.Cl.Cl. The van der Waals surface area contributed by atoms with Gasteiger partial charge in [0.25, 0.3) is 0 Å². The Morgan fingerprint density at radius 2 is 1.95 bits per heavy atom. The quantitative estimate of drug-likeness (QED) is 0.784. The van der Waals surface area contributed by atoms with Gasteiger partial charge in [0.1, 0.15) is 5.75 Å². The minimum atomic E-state index is -0.0907. The second-order valence-corrected chi connectivity index (χ2v) is 4.75. The fourth-order valence-electron chi connectivity index (χ4n) is 2.50. The van der Waals surface area contributed by atoms with Gasteiger partial charge in [0.05, 0.1) is 12.3 Å². The van der Waals surface area contributed by atoms with Crippen LogP contribution in [0.3, 0.4) is 0 Å². The van der Waals surface area contributed by atoms with Crippen LogP contribution in [0.2, 0.25) is 0 Å². The number of nitrogens with one attached hydrogen (secondary N) is 1. The number of hydrogen-bond acceptors (Lipinski definition) is 5. The van der Waals surface area contributed by atoms with E-state index < -0.39 is 0 Å². The molecule has 1 aromatic heterocycles. The van der Waals surface area contributed by atoms with Crippen LogP contribution in [0.15, 0.2) is 6.20 Å². The number of aliphatic hydroxyl groups excluding tert-OH is 1. The summed E-state index contributed by atoms with van der Waals surface area (Å²) in [5, 5.41) is 22.9. The Morgan fingerprint density at radius 1 is 1.35 bits per heavy atom. The zero-order valence-corrected chi connectivity index (χ0v) is 13.4. The van der Waals surface area contributed by atoms with E-state index in [4.69, 9.17) is 0 Å². The van der Waals surface area contributed by atoms with Crippen molar-refractivity contribution < 1.29 is 10.2 Å². The van der Waals surface area contributed by atoms with Crippen LogP contribution >= 0.6 is 24.8 Å². The lowest BCUT2D eigenvalue weighted by molar-refractivity contribution is 0.179. The van der Waals surface area contributed by atoms with Crippen molar-refractivity contribution in [2.24, 2.45) is 0 Å². The molecule has 0 radical (unpaired) electrons. The van der Waals surface area contributed by atoms with Crippen LogP contribution in [0.1, 0.15) is 29.8 Å². The molecule has 0 bridgehead atoms. The molecule has 7 heteroatoms. The van der Waals surface area contributed by atoms with Crippen molar-refractivity contribution in [3.05, 3.63) is 23.0 Å². The molecule has 0 aliphatic carbocycles. The topological polar surface area (TPSA) is 68.6 Å². The molecule has 0 spiro atoms. The summed E-state index contributed by atoms with van der Waals surface area (Å²) < 4.78 is 0. The first-order chi connectivity index (χ1) is 8.65. The highest BCUT2D eigenvalue weighted by Crippen LogP contribution is 2.33. The van der Waals surface area contributed by atoms with Crippen molar-refractivity contribution in [3.8, 4) is 5.75 Å². The molecule has 3 N–H and O–H groups in total. The predicted octanol–water partition coefficient (Wildman–Crippen LogP) is 1.40. The number of aryl methyl sites for hydroxylation is 1. The lowest BCUT2D eigenvalue weighted by atomic mass is 9.99. The van der Waals surface area contributed by atoms with E-state index in [-0.39, 0.29) is 43.2 Å². The van der Waals surface area contributed by atoms with Gasteiger partial charge < -0.3 is 15.5 Å². The summed E-state index contributed by atoms with van der Waals surface area (Å²) in [7, 11) is 0.